The zero-order valence-corrected chi connectivity index (χ0v) is 21.5. The number of ether oxygens (including phenoxy) is 2. The molecule has 2 heterocycles. The average molecular weight is 487 g/mol. The van der Waals surface area contributed by atoms with Crippen LogP contribution >= 0.6 is 0 Å². The summed E-state index contributed by atoms with van der Waals surface area (Å²) in [4.78, 5) is 25.3. The first-order valence-electron chi connectivity index (χ1n) is 12.8. The Kier molecular flexibility index (Phi) is 5.40. The SMILES string of the molecule is CC(=O)OC1CC2C(C)(C)C(O)CC(O)[C@@]2(C)C2CC[C@@]3(C)C(=CC(=O)OC3c3ccoc3)C12C. The Morgan fingerprint density at radius 1 is 1.09 bits per heavy atom. The highest BCUT2D eigenvalue weighted by atomic mass is 16.6. The number of cyclic esters (lactones) is 1. The summed E-state index contributed by atoms with van der Waals surface area (Å²) in [6.45, 7) is 11.9. The van der Waals surface area contributed by atoms with E-state index in [1.165, 1.54) is 6.92 Å². The van der Waals surface area contributed by atoms with Crippen LogP contribution in [0.3, 0.4) is 0 Å². The van der Waals surface area contributed by atoms with E-state index in [9.17, 15) is 19.8 Å². The molecule has 4 aliphatic rings. The number of hydrogen-bond donors (Lipinski definition) is 2. The molecule has 0 aromatic carbocycles. The van der Waals surface area contributed by atoms with Crippen LogP contribution in [-0.4, -0.2) is 40.5 Å². The highest BCUT2D eigenvalue weighted by Crippen LogP contribution is 2.73. The molecule has 1 aromatic heterocycles. The first kappa shape index (κ1) is 24.6. The molecule has 3 aliphatic carbocycles. The molecule has 0 spiro atoms. The first-order valence-corrected chi connectivity index (χ1v) is 12.8. The Bertz CT molecular complexity index is 1060. The lowest BCUT2D eigenvalue weighted by Crippen LogP contribution is -2.70. The Balaban J connectivity index is 1.70. The lowest BCUT2D eigenvalue weighted by molar-refractivity contribution is -0.257. The number of furan rings is 1. The number of rotatable bonds is 2. The number of fused-ring (bicyclic) bond motifs is 5. The van der Waals surface area contributed by atoms with Crippen molar-refractivity contribution in [3.63, 3.8) is 0 Å². The summed E-state index contributed by atoms with van der Waals surface area (Å²) in [5, 5.41) is 22.5. The number of carbonyl (C=O) groups is 2. The van der Waals surface area contributed by atoms with Gasteiger partial charge in [-0.3, -0.25) is 4.79 Å². The van der Waals surface area contributed by atoms with Gasteiger partial charge in [-0.2, -0.15) is 0 Å². The fourth-order valence-corrected chi connectivity index (χ4v) is 8.79. The number of esters is 2. The van der Waals surface area contributed by atoms with Gasteiger partial charge in [0.1, 0.15) is 12.2 Å². The summed E-state index contributed by atoms with van der Waals surface area (Å²) in [7, 11) is 0. The van der Waals surface area contributed by atoms with Crippen LogP contribution in [0, 0.1) is 33.5 Å². The number of aliphatic hydroxyl groups is 2. The van der Waals surface area contributed by atoms with Gasteiger partial charge in [0, 0.05) is 41.2 Å². The minimum atomic E-state index is -0.705. The van der Waals surface area contributed by atoms with Crippen molar-refractivity contribution in [2.75, 3.05) is 0 Å². The quantitative estimate of drug-likeness (QED) is 0.599. The average Bonchev–Trinajstić information content (AvgIpc) is 3.29. The molecule has 3 fully saturated rings. The Labute approximate surface area is 206 Å². The van der Waals surface area contributed by atoms with E-state index in [4.69, 9.17) is 13.9 Å². The van der Waals surface area contributed by atoms with Gasteiger partial charge in [-0.1, -0.05) is 34.6 Å². The van der Waals surface area contributed by atoms with Gasteiger partial charge >= 0.3 is 11.9 Å². The van der Waals surface area contributed by atoms with Crippen LogP contribution in [-0.2, 0) is 19.1 Å². The molecular weight excluding hydrogens is 448 g/mol. The number of aliphatic hydroxyl groups excluding tert-OH is 2. The van der Waals surface area contributed by atoms with E-state index in [-0.39, 0.29) is 17.8 Å². The van der Waals surface area contributed by atoms with E-state index < -0.39 is 52.0 Å². The van der Waals surface area contributed by atoms with Crippen LogP contribution < -0.4 is 0 Å². The van der Waals surface area contributed by atoms with E-state index in [1.54, 1.807) is 18.6 Å². The van der Waals surface area contributed by atoms with Gasteiger partial charge in [-0.25, -0.2) is 4.79 Å². The van der Waals surface area contributed by atoms with Crippen molar-refractivity contribution in [3.8, 4) is 0 Å². The van der Waals surface area contributed by atoms with Crippen LogP contribution in [0.1, 0.15) is 78.9 Å². The Morgan fingerprint density at radius 3 is 2.43 bits per heavy atom. The second-order valence-electron chi connectivity index (χ2n) is 12.6. The molecule has 7 unspecified atom stereocenters. The molecule has 0 bridgehead atoms. The zero-order valence-electron chi connectivity index (χ0n) is 21.5. The molecule has 9 atom stereocenters. The van der Waals surface area contributed by atoms with E-state index >= 15 is 0 Å². The molecule has 192 valence electrons. The first-order chi connectivity index (χ1) is 16.3. The molecule has 3 saturated carbocycles. The summed E-state index contributed by atoms with van der Waals surface area (Å²) < 4.78 is 17.3. The molecule has 5 rings (SSSR count). The predicted molar refractivity (Wildman–Crippen MR) is 127 cm³/mol. The molecule has 7 heteroatoms. The molecule has 0 saturated heterocycles. The Hall–Kier alpha value is -2.12. The second kappa shape index (κ2) is 7.69. The largest absolute Gasteiger partial charge is 0.472 e. The van der Waals surface area contributed by atoms with Crippen LogP contribution in [0.5, 0.6) is 0 Å². The summed E-state index contributed by atoms with van der Waals surface area (Å²) >= 11 is 0. The molecule has 35 heavy (non-hydrogen) atoms. The highest BCUT2D eigenvalue weighted by molar-refractivity contribution is 5.85. The standard InChI is InChI=1S/C28H38O7/c1-15(29)34-22-11-18-25(2,3)20(30)13-21(31)27(18,5)17-7-9-26(4)19(28(17,22)6)12-23(32)35-24(26)16-8-10-33-14-16/h8,10,12,14,17-18,20-22,24,30-31H,7,9,11,13H2,1-6H3/t17?,18?,20?,21?,22?,24?,26-,27-,28?/m0/s1. The lowest BCUT2D eigenvalue weighted by atomic mass is 9.36. The van der Waals surface area contributed by atoms with E-state index in [2.05, 4.69) is 34.6 Å². The maximum Gasteiger partial charge on any atom is 0.331 e. The summed E-state index contributed by atoms with van der Waals surface area (Å²) in [6.07, 6.45) is 4.77. The lowest BCUT2D eigenvalue weighted by Gasteiger charge is -2.70. The van der Waals surface area contributed by atoms with Crippen molar-refractivity contribution in [2.45, 2.75) is 91.6 Å². The molecule has 7 nitrogen and oxygen atoms in total. The predicted octanol–water partition coefficient (Wildman–Crippen LogP) is 4.34. The molecular formula is C28H38O7. The summed E-state index contributed by atoms with van der Waals surface area (Å²) in [5.74, 6) is -0.915. The van der Waals surface area contributed by atoms with Gasteiger partial charge < -0.3 is 24.1 Å². The minimum Gasteiger partial charge on any atom is -0.472 e. The third-order valence-electron chi connectivity index (χ3n) is 10.6. The molecule has 0 radical (unpaired) electrons. The fourth-order valence-electron chi connectivity index (χ4n) is 8.79. The topological polar surface area (TPSA) is 106 Å². The van der Waals surface area contributed by atoms with Crippen molar-refractivity contribution in [3.05, 3.63) is 35.8 Å². The number of carbonyl (C=O) groups excluding carboxylic acids is 2. The minimum absolute atomic E-state index is 0.0601. The van der Waals surface area contributed by atoms with Crippen LogP contribution in [0.15, 0.2) is 34.7 Å². The van der Waals surface area contributed by atoms with Crippen LogP contribution in [0.4, 0.5) is 0 Å². The van der Waals surface area contributed by atoms with Gasteiger partial charge in [0.05, 0.1) is 24.7 Å². The molecule has 1 aromatic rings. The molecule has 2 N–H and O–H groups in total. The van der Waals surface area contributed by atoms with E-state index in [0.717, 1.165) is 24.0 Å². The van der Waals surface area contributed by atoms with Gasteiger partial charge in [0.2, 0.25) is 0 Å². The van der Waals surface area contributed by atoms with Gasteiger partial charge in [0.15, 0.2) is 0 Å². The van der Waals surface area contributed by atoms with E-state index in [1.807, 2.05) is 6.07 Å². The number of hydrogen-bond acceptors (Lipinski definition) is 7. The summed E-state index contributed by atoms with van der Waals surface area (Å²) in [5.41, 5.74) is -0.467. The maximum atomic E-state index is 13.0. The second-order valence-corrected chi connectivity index (χ2v) is 12.6. The van der Waals surface area contributed by atoms with Gasteiger partial charge in [-0.15, -0.1) is 0 Å². The van der Waals surface area contributed by atoms with E-state index in [0.29, 0.717) is 12.8 Å². The zero-order chi connectivity index (χ0) is 25.6. The fraction of sp³-hybridized carbons (Fsp3) is 0.714. The molecule has 1 aliphatic heterocycles. The monoisotopic (exact) mass is 486 g/mol. The molecule has 0 amide bonds. The highest BCUT2D eigenvalue weighted by Gasteiger charge is 2.71. The van der Waals surface area contributed by atoms with Gasteiger partial charge in [-0.05, 0) is 48.2 Å². The van der Waals surface area contributed by atoms with Crippen LogP contribution in [0.2, 0.25) is 0 Å². The van der Waals surface area contributed by atoms with Gasteiger partial charge in [0.25, 0.3) is 0 Å². The van der Waals surface area contributed by atoms with Crippen LogP contribution in [0.25, 0.3) is 0 Å². The maximum absolute atomic E-state index is 13.0. The van der Waals surface area contributed by atoms with Crippen molar-refractivity contribution < 1.29 is 33.7 Å². The smallest absolute Gasteiger partial charge is 0.331 e. The van der Waals surface area contributed by atoms with Crippen molar-refractivity contribution in [1.29, 1.82) is 0 Å². The van der Waals surface area contributed by atoms with Crippen molar-refractivity contribution in [1.82, 2.24) is 0 Å². The third-order valence-corrected chi connectivity index (χ3v) is 10.6. The summed E-state index contributed by atoms with van der Waals surface area (Å²) in [6, 6.07) is 1.83. The third kappa shape index (κ3) is 3.16. The normalized spacial score (nSPS) is 46.4. The van der Waals surface area contributed by atoms with Crippen molar-refractivity contribution in [2.24, 2.45) is 33.5 Å². The van der Waals surface area contributed by atoms with Crippen molar-refractivity contribution >= 4 is 11.9 Å². The Morgan fingerprint density at radius 2 is 1.80 bits per heavy atom.